The molecule has 1 aromatic carbocycles. The number of hydrogen-bond donors (Lipinski definition) is 0. The topological polar surface area (TPSA) is 53.5 Å². The fraction of sp³-hybridized carbons (Fsp3) is 0.312. The standard InChI is InChI=1S/C16H14Cl2F3N3O2S/c17-12-2-1-3-13(18)15(12)27(25,26)24-8-6-23(7-9-24)14-10-11(4-5-22-14)16(19,20)21/h1-5,10H,6-9H2. The lowest BCUT2D eigenvalue weighted by atomic mass is 10.2. The molecular formula is C16H14Cl2F3N3O2S. The zero-order valence-electron chi connectivity index (χ0n) is 13.7. The second-order valence-corrected chi connectivity index (χ2v) is 8.53. The molecule has 1 saturated heterocycles. The van der Waals surface area contributed by atoms with E-state index in [9.17, 15) is 21.6 Å². The maximum absolute atomic E-state index is 12.9. The molecule has 146 valence electrons. The van der Waals surface area contributed by atoms with Crippen molar-refractivity contribution in [3.8, 4) is 0 Å². The van der Waals surface area contributed by atoms with Gasteiger partial charge in [0.25, 0.3) is 0 Å². The molecule has 1 aromatic heterocycles. The number of nitrogens with zero attached hydrogens (tertiary/aromatic N) is 3. The quantitative estimate of drug-likeness (QED) is 0.727. The van der Waals surface area contributed by atoms with Gasteiger partial charge in [0.2, 0.25) is 10.0 Å². The van der Waals surface area contributed by atoms with Crippen molar-refractivity contribution in [1.29, 1.82) is 0 Å². The summed E-state index contributed by atoms with van der Waals surface area (Å²) in [5, 5.41) is 0.0361. The Bertz CT molecular complexity index is 926. The number of anilines is 1. The molecule has 2 heterocycles. The molecule has 2 aromatic rings. The van der Waals surface area contributed by atoms with Gasteiger partial charge in [-0.15, -0.1) is 0 Å². The molecule has 1 aliphatic heterocycles. The third-order valence-corrected chi connectivity index (χ3v) is 7.01. The van der Waals surface area contributed by atoms with E-state index in [1.165, 1.54) is 16.4 Å². The zero-order chi connectivity index (χ0) is 19.8. The van der Waals surface area contributed by atoms with E-state index in [4.69, 9.17) is 23.2 Å². The van der Waals surface area contributed by atoms with E-state index >= 15 is 0 Å². The molecule has 0 saturated carbocycles. The maximum atomic E-state index is 12.9. The van der Waals surface area contributed by atoms with Crippen LogP contribution in [-0.4, -0.2) is 43.9 Å². The minimum Gasteiger partial charge on any atom is -0.354 e. The monoisotopic (exact) mass is 439 g/mol. The number of rotatable bonds is 3. The van der Waals surface area contributed by atoms with Gasteiger partial charge < -0.3 is 4.90 Å². The first-order valence-corrected chi connectivity index (χ1v) is 10.0. The van der Waals surface area contributed by atoms with Crippen molar-refractivity contribution in [2.75, 3.05) is 31.1 Å². The number of halogens is 5. The van der Waals surface area contributed by atoms with Gasteiger partial charge in [-0.1, -0.05) is 29.3 Å². The third kappa shape index (κ3) is 4.16. The van der Waals surface area contributed by atoms with Crippen LogP contribution in [-0.2, 0) is 16.2 Å². The number of sulfonamides is 1. The van der Waals surface area contributed by atoms with Crippen LogP contribution in [0.4, 0.5) is 19.0 Å². The summed E-state index contributed by atoms with van der Waals surface area (Å²) in [6, 6.07) is 6.26. The van der Waals surface area contributed by atoms with E-state index in [0.29, 0.717) is 0 Å². The van der Waals surface area contributed by atoms with Crippen LogP contribution in [0, 0.1) is 0 Å². The summed E-state index contributed by atoms with van der Waals surface area (Å²) in [5.74, 6) is 0.151. The highest BCUT2D eigenvalue weighted by molar-refractivity contribution is 7.89. The summed E-state index contributed by atoms with van der Waals surface area (Å²) in [4.78, 5) is 5.40. The van der Waals surface area contributed by atoms with Gasteiger partial charge in [-0.2, -0.15) is 17.5 Å². The van der Waals surface area contributed by atoms with Crippen LogP contribution < -0.4 is 4.90 Å². The average Bonchev–Trinajstić information content (AvgIpc) is 2.61. The van der Waals surface area contributed by atoms with Gasteiger partial charge in [-0.3, -0.25) is 0 Å². The molecule has 0 bridgehead atoms. The first-order chi connectivity index (χ1) is 12.6. The molecule has 3 rings (SSSR count). The van der Waals surface area contributed by atoms with E-state index < -0.39 is 21.8 Å². The normalized spacial score (nSPS) is 16.6. The molecule has 11 heteroatoms. The number of piperazine rings is 1. The van der Waals surface area contributed by atoms with Crippen LogP contribution in [0.25, 0.3) is 0 Å². The minimum atomic E-state index is -4.47. The van der Waals surface area contributed by atoms with Gasteiger partial charge in [0.15, 0.2) is 0 Å². The Morgan fingerprint density at radius 3 is 2.15 bits per heavy atom. The molecule has 0 aliphatic carbocycles. The minimum absolute atomic E-state index is 0.0180. The Hall–Kier alpha value is -1.55. The van der Waals surface area contributed by atoms with E-state index in [0.717, 1.165) is 18.3 Å². The van der Waals surface area contributed by atoms with Gasteiger partial charge in [-0.25, -0.2) is 13.4 Å². The van der Waals surface area contributed by atoms with E-state index in [1.54, 1.807) is 11.0 Å². The third-order valence-electron chi connectivity index (χ3n) is 4.15. The van der Waals surface area contributed by atoms with Gasteiger partial charge in [0, 0.05) is 32.4 Å². The molecule has 0 radical (unpaired) electrons. The highest BCUT2D eigenvalue weighted by Crippen LogP contribution is 2.33. The molecule has 5 nitrogen and oxygen atoms in total. The molecular weight excluding hydrogens is 426 g/mol. The smallest absolute Gasteiger partial charge is 0.354 e. The lowest BCUT2D eigenvalue weighted by molar-refractivity contribution is -0.137. The Kier molecular flexibility index (Phi) is 5.58. The summed E-state index contributed by atoms with van der Waals surface area (Å²) in [6.45, 7) is 0.523. The van der Waals surface area contributed by atoms with Gasteiger partial charge in [0.05, 0.1) is 15.6 Å². The van der Waals surface area contributed by atoms with Crippen molar-refractivity contribution in [3.63, 3.8) is 0 Å². The van der Waals surface area contributed by atoms with Crippen molar-refractivity contribution in [3.05, 3.63) is 52.1 Å². The lowest BCUT2D eigenvalue weighted by Gasteiger charge is -2.35. The Labute approximate surface area is 164 Å². The van der Waals surface area contributed by atoms with Crippen molar-refractivity contribution >= 4 is 39.0 Å². The van der Waals surface area contributed by atoms with Gasteiger partial charge in [-0.05, 0) is 24.3 Å². The lowest BCUT2D eigenvalue weighted by Crippen LogP contribution is -2.49. The van der Waals surface area contributed by atoms with Crippen LogP contribution in [0.2, 0.25) is 10.0 Å². The molecule has 0 amide bonds. The summed E-state index contributed by atoms with van der Waals surface area (Å²) in [6.07, 6.45) is -3.38. The Balaban J connectivity index is 1.78. The van der Waals surface area contributed by atoms with E-state index in [1.807, 2.05) is 0 Å². The summed E-state index contributed by atoms with van der Waals surface area (Å²) < 4.78 is 65.4. The highest BCUT2D eigenvalue weighted by Gasteiger charge is 2.34. The Morgan fingerprint density at radius 2 is 1.59 bits per heavy atom. The van der Waals surface area contributed by atoms with Crippen LogP contribution in [0.5, 0.6) is 0 Å². The largest absolute Gasteiger partial charge is 0.416 e. The maximum Gasteiger partial charge on any atom is 0.416 e. The van der Waals surface area contributed by atoms with Crippen LogP contribution in [0.1, 0.15) is 5.56 Å². The highest BCUT2D eigenvalue weighted by atomic mass is 35.5. The van der Waals surface area contributed by atoms with Crippen LogP contribution in [0.15, 0.2) is 41.4 Å². The first-order valence-electron chi connectivity index (χ1n) is 7.83. The number of aromatic nitrogens is 1. The molecule has 0 N–H and O–H groups in total. The Morgan fingerprint density at radius 1 is 1.00 bits per heavy atom. The van der Waals surface area contributed by atoms with Crippen molar-refractivity contribution in [1.82, 2.24) is 9.29 Å². The molecule has 1 aliphatic rings. The summed E-state index contributed by atoms with van der Waals surface area (Å²) >= 11 is 12.0. The summed E-state index contributed by atoms with van der Waals surface area (Å²) in [7, 11) is -3.92. The fourth-order valence-electron chi connectivity index (χ4n) is 2.78. The number of pyridine rings is 1. The molecule has 1 fully saturated rings. The van der Waals surface area contributed by atoms with Crippen LogP contribution in [0.3, 0.4) is 0 Å². The second kappa shape index (κ2) is 7.46. The predicted octanol–water partition coefficient (Wildman–Crippen LogP) is 3.92. The zero-order valence-corrected chi connectivity index (χ0v) is 16.1. The molecule has 27 heavy (non-hydrogen) atoms. The average molecular weight is 440 g/mol. The van der Waals surface area contributed by atoms with Crippen molar-refractivity contribution < 1.29 is 21.6 Å². The first kappa shape index (κ1) is 20.2. The predicted molar refractivity (Wildman–Crippen MR) is 96.7 cm³/mol. The summed E-state index contributed by atoms with van der Waals surface area (Å²) in [5.41, 5.74) is -0.801. The SMILES string of the molecule is O=S(=O)(c1c(Cl)cccc1Cl)N1CCN(c2cc(C(F)(F)F)ccn2)CC1. The second-order valence-electron chi connectivity index (χ2n) is 5.84. The van der Waals surface area contributed by atoms with Crippen molar-refractivity contribution in [2.24, 2.45) is 0 Å². The fourth-order valence-corrected chi connectivity index (χ4v) is 5.30. The molecule has 0 atom stereocenters. The molecule has 0 spiro atoms. The van der Waals surface area contributed by atoms with E-state index in [2.05, 4.69) is 4.98 Å². The van der Waals surface area contributed by atoms with Gasteiger partial charge in [0.1, 0.15) is 10.7 Å². The number of hydrogen-bond acceptors (Lipinski definition) is 4. The van der Waals surface area contributed by atoms with Crippen LogP contribution >= 0.6 is 23.2 Å². The van der Waals surface area contributed by atoms with Gasteiger partial charge >= 0.3 is 6.18 Å². The van der Waals surface area contributed by atoms with Crippen molar-refractivity contribution in [2.45, 2.75) is 11.1 Å². The van der Waals surface area contributed by atoms with E-state index in [-0.39, 0.29) is 46.9 Å². The molecule has 0 unspecified atom stereocenters. The number of alkyl halides is 3. The number of benzene rings is 1.